The van der Waals surface area contributed by atoms with Crippen LogP contribution >= 0.6 is 0 Å². The molecule has 3 rings (SSSR count). The molecule has 2 aromatic carbocycles. The first kappa shape index (κ1) is 14.9. The minimum Gasteiger partial charge on any atom is -0.461 e. The molecule has 0 saturated heterocycles. The van der Waals surface area contributed by atoms with E-state index in [0.29, 0.717) is 12.3 Å². The van der Waals surface area contributed by atoms with E-state index >= 15 is 0 Å². The first-order valence-corrected chi connectivity index (χ1v) is 7.46. The van der Waals surface area contributed by atoms with Crippen LogP contribution in [0.2, 0.25) is 0 Å². The van der Waals surface area contributed by atoms with Crippen LogP contribution in [0.25, 0.3) is 11.3 Å². The van der Waals surface area contributed by atoms with Gasteiger partial charge < -0.3 is 14.5 Å². The Bertz CT molecular complexity index is 793. The monoisotopic (exact) mass is 307 g/mol. The van der Waals surface area contributed by atoms with Crippen molar-refractivity contribution in [3.63, 3.8) is 0 Å². The van der Waals surface area contributed by atoms with Crippen LogP contribution in [0, 0.1) is 0 Å². The average Bonchev–Trinajstić information content (AvgIpc) is 3.06. The van der Waals surface area contributed by atoms with Crippen molar-refractivity contribution in [1.29, 1.82) is 0 Å². The fourth-order valence-corrected chi connectivity index (χ4v) is 2.24. The van der Waals surface area contributed by atoms with Crippen LogP contribution in [0.4, 0.5) is 0 Å². The maximum atomic E-state index is 11.7. The minimum absolute atomic E-state index is 0.351. The summed E-state index contributed by atoms with van der Waals surface area (Å²) in [6.45, 7) is 2.14. The summed E-state index contributed by atoms with van der Waals surface area (Å²) >= 11 is 0. The number of esters is 1. The summed E-state index contributed by atoms with van der Waals surface area (Å²) in [5.41, 5.74) is 2.22. The molecule has 0 radical (unpaired) electrons. The molecule has 4 heteroatoms. The molecule has 0 bridgehead atoms. The molecular formula is C19H17NO3. The third-order valence-electron chi connectivity index (χ3n) is 3.31. The molecule has 0 amide bonds. The Hall–Kier alpha value is -3.01. The number of rotatable bonds is 5. The van der Waals surface area contributed by atoms with Crippen molar-refractivity contribution >= 4 is 5.97 Å². The lowest BCUT2D eigenvalue weighted by Crippen LogP contribution is -2.04. The predicted molar refractivity (Wildman–Crippen MR) is 88.7 cm³/mol. The lowest BCUT2D eigenvalue weighted by Gasteiger charge is -2.07. The summed E-state index contributed by atoms with van der Waals surface area (Å²) in [7, 11) is 0. The highest BCUT2D eigenvalue weighted by Gasteiger charge is 2.10. The van der Waals surface area contributed by atoms with Gasteiger partial charge in [-0.2, -0.15) is 0 Å². The zero-order valence-electron chi connectivity index (χ0n) is 12.8. The fourth-order valence-electron chi connectivity index (χ4n) is 2.24. The van der Waals surface area contributed by atoms with Gasteiger partial charge in [0.1, 0.15) is 17.2 Å². The molecule has 0 unspecified atom stereocenters. The van der Waals surface area contributed by atoms with E-state index in [4.69, 9.17) is 9.47 Å². The highest BCUT2D eigenvalue weighted by Crippen LogP contribution is 2.27. The van der Waals surface area contributed by atoms with Gasteiger partial charge in [-0.3, -0.25) is 0 Å². The second-order valence-electron chi connectivity index (χ2n) is 4.95. The van der Waals surface area contributed by atoms with Crippen LogP contribution in [0.1, 0.15) is 17.4 Å². The van der Waals surface area contributed by atoms with Crippen molar-refractivity contribution in [2.24, 2.45) is 0 Å². The number of benzene rings is 2. The quantitative estimate of drug-likeness (QED) is 0.698. The molecular weight excluding hydrogens is 290 g/mol. The minimum atomic E-state index is -0.351. The topological polar surface area (TPSA) is 51.3 Å². The van der Waals surface area contributed by atoms with Crippen molar-refractivity contribution in [2.45, 2.75) is 6.92 Å². The number of H-pyrrole nitrogens is 1. The molecule has 0 spiro atoms. The van der Waals surface area contributed by atoms with Gasteiger partial charge in [-0.1, -0.05) is 30.3 Å². The van der Waals surface area contributed by atoms with E-state index < -0.39 is 0 Å². The Morgan fingerprint density at radius 3 is 2.52 bits per heavy atom. The summed E-state index contributed by atoms with van der Waals surface area (Å²) in [5.74, 6) is 1.17. The number of hydrogen-bond acceptors (Lipinski definition) is 3. The molecule has 23 heavy (non-hydrogen) atoms. The normalized spacial score (nSPS) is 10.3. The molecule has 0 saturated carbocycles. The highest BCUT2D eigenvalue weighted by molar-refractivity contribution is 5.88. The number of para-hydroxylation sites is 1. The van der Waals surface area contributed by atoms with Crippen LogP contribution in [0.3, 0.4) is 0 Å². The van der Waals surface area contributed by atoms with E-state index in [2.05, 4.69) is 4.98 Å². The standard InChI is InChI=1S/C19H17NO3/c1-2-22-19(21)18-12-11-17(20-18)14-7-6-10-16(13-14)23-15-8-4-3-5-9-15/h3-13,20H,2H2,1H3. The van der Waals surface area contributed by atoms with Gasteiger partial charge >= 0.3 is 5.97 Å². The largest absolute Gasteiger partial charge is 0.461 e. The second kappa shape index (κ2) is 6.83. The Balaban J connectivity index is 1.81. The maximum absolute atomic E-state index is 11.7. The molecule has 116 valence electrons. The molecule has 3 aromatic rings. The van der Waals surface area contributed by atoms with Crippen molar-refractivity contribution < 1.29 is 14.3 Å². The van der Waals surface area contributed by atoms with Gasteiger partial charge in [0.15, 0.2) is 0 Å². The number of carbonyl (C=O) groups excluding carboxylic acids is 1. The zero-order chi connectivity index (χ0) is 16.1. The van der Waals surface area contributed by atoms with Gasteiger partial charge in [0.2, 0.25) is 0 Å². The first-order valence-electron chi connectivity index (χ1n) is 7.46. The predicted octanol–water partition coefficient (Wildman–Crippen LogP) is 4.65. The SMILES string of the molecule is CCOC(=O)c1ccc(-c2cccc(Oc3ccccc3)c2)[nH]1. The number of aromatic amines is 1. The Morgan fingerprint density at radius 2 is 1.74 bits per heavy atom. The van der Waals surface area contributed by atoms with Gasteiger partial charge in [-0.25, -0.2) is 4.79 Å². The van der Waals surface area contributed by atoms with Crippen molar-refractivity contribution in [1.82, 2.24) is 4.98 Å². The molecule has 0 fully saturated rings. The number of hydrogen-bond donors (Lipinski definition) is 1. The third kappa shape index (κ3) is 3.61. The van der Waals surface area contributed by atoms with Gasteiger partial charge in [0, 0.05) is 11.3 Å². The number of ether oxygens (including phenoxy) is 2. The summed E-state index contributed by atoms with van der Waals surface area (Å²) < 4.78 is 10.8. The average molecular weight is 307 g/mol. The molecule has 0 atom stereocenters. The van der Waals surface area contributed by atoms with Crippen molar-refractivity contribution in [3.05, 3.63) is 72.4 Å². The van der Waals surface area contributed by atoms with E-state index in [1.807, 2.05) is 60.7 Å². The molecule has 1 heterocycles. The molecule has 1 N–H and O–H groups in total. The summed E-state index contributed by atoms with van der Waals surface area (Å²) in [4.78, 5) is 14.8. The number of carbonyl (C=O) groups is 1. The van der Waals surface area contributed by atoms with Crippen LogP contribution in [-0.4, -0.2) is 17.6 Å². The highest BCUT2D eigenvalue weighted by atomic mass is 16.5. The summed E-state index contributed by atoms with van der Waals surface area (Å²) in [6, 6.07) is 20.9. The van der Waals surface area contributed by atoms with Crippen molar-refractivity contribution in [3.8, 4) is 22.8 Å². The van der Waals surface area contributed by atoms with E-state index in [1.54, 1.807) is 13.0 Å². The molecule has 0 aliphatic heterocycles. The zero-order valence-corrected chi connectivity index (χ0v) is 12.8. The molecule has 0 aliphatic rings. The maximum Gasteiger partial charge on any atom is 0.354 e. The molecule has 4 nitrogen and oxygen atoms in total. The van der Waals surface area contributed by atoms with Gasteiger partial charge in [0.25, 0.3) is 0 Å². The molecule has 1 aromatic heterocycles. The summed E-state index contributed by atoms with van der Waals surface area (Å²) in [6.07, 6.45) is 0. The Kier molecular flexibility index (Phi) is 4.43. The van der Waals surface area contributed by atoms with E-state index in [1.165, 1.54) is 0 Å². The first-order chi connectivity index (χ1) is 11.3. The molecule has 0 aliphatic carbocycles. The number of nitrogens with one attached hydrogen (secondary N) is 1. The van der Waals surface area contributed by atoms with E-state index in [-0.39, 0.29) is 5.97 Å². The lowest BCUT2D eigenvalue weighted by atomic mass is 10.1. The Labute approximate surface area is 134 Å². The Morgan fingerprint density at radius 1 is 0.957 bits per heavy atom. The van der Waals surface area contributed by atoms with Crippen LogP contribution < -0.4 is 4.74 Å². The van der Waals surface area contributed by atoms with Gasteiger partial charge in [-0.15, -0.1) is 0 Å². The van der Waals surface area contributed by atoms with E-state index in [9.17, 15) is 4.79 Å². The number of aromatic nitrogens is 1. The summed E-state index contributed by atoms with van der Waals surface area (Å²) in [5, 5.41) is 0. The second-order valence-corrected chi connectivity index (χ2v) is 4.95. The van der Waals surface area contributed by atoms with Crippen LogP contribution in [0.15, 0.2) is 66.7 Å². The lowest BCUT2D eigenvalue weighted by molar-refractivity contribution is 0.0520. The van der Waals surface area contributed by atoms with Gasteiger partial charge in [0.05, 0.1) is 6.61 Å². The van der Waals surface area contributed by atoms with Gasteiger partial charge in [-0.05, 0) is 43.3 Å². The van der Waals surface area contributed by atoms with Crippen LogP contribution in [0.5, 0.6) is 11.5 Å². The van der Waals surface area contributed by atoms with Crippen molar-refractivity contribution in [2.75, 3.05) is 6.61 Å². The fraction of sp³-hybridized carbons (Fsp3) is 0.105. The van der Waals surface area contributed by atoms with E-state index in [0.717, 1.165) is 22.8 Å². The van der Waals surface area contributed by atoms with Crippen LogP contribution in [-0.2, 0) is 4.74 Å². The third-order valence-corrected chi connectivity index (χ3v) is 3.31. The smallest absolute Gasteiger partial charge is 0.354 e.